The third-order valence-electron chi connectivity index (χ3n) is 2.71. The summed E-state index contributed by atoms with van der Waals surface area (Å²) in [6.07, 6.45) is 9.20. The molecule has 0 N–H and O–H groups in total. The summed E-state index contributed by atoms with van der Waals surface area (Å²) in [6, 6.07) is 0. The second-order valence-electron chi connectivity index (χ2n) is 5.11. The van der Waals surface area contributed by atoms with Crippen LogP contribution in [0.2, 0.25) is 0 Å². The van der Waals surface area contributed by atoms with Crippen LogP contribution < -0.4 is 0 Å². The number of fused-ring (bicyclic) bond motifs is 2. The summed E-state index contributed by atoms with van der Waals surface area (Å²) >= 11 is 0. The van der Waals surface area contributed by atoms with Gasteiger partial charge < -0.3 is 4.74 Å². The van der Waals surface area contributed by atoms with E-state index in [9.17, 15) is 0 Å². The molecule has 2 bridgehead atoms. The van der Waals surface area contributed by atoms with E-state index in [1.807, 2.05) is 6.26 Å². The van der Waals surface area contributed by atoms with Crippen LogP contribution in [-0.2, 0) is 4.74 Å². The van der Waals surface area contributed by atoms with Gasteiger partial charge in [-0.3, -0.25) is 0 Å². The molecule has 0 spiro atoms. The van der Waals surface area contributed by atoms with Crippen molar-refractivity contribution in [2.45, 2.75) is 39.2 Å². The first-order valence-corrected chi connectivity index (χ1v) is 5.10. The average molecular weight is 178 g/mol. The van der Waals surface area contributed by atoms with E-state index in [1.165, 1.54) is 18.4 Å². The first-order valence-electron chi connectivity index (χ1n) is 5.10. The third kappa shape index (κ3) is 1.96. The van der Waals surface area contributed by atoms with Crippen molar-refractivity contribution in [1.29, 1.82) is 0 Å². The molecule has 1 fully saturated rings. The molecule has 0 radical (unpaired) electrons. The molecule has 0 heterocycles. The van der Waals surface area contributed by atoms with Crippen molar-refractivity contribution < 1.29 is 4.74 Å². The van der Waals surface area contributed by atoms with Gasteiger partial charge in [0, 0.05) is 5.92 Å². The van der Waals surface area contributed by atoms with Crippen LogP contribution in [0.1, 0.15) is 33.6 Å². The highest BCUT2D eigenvalue weighted by atomic mass is 16.5. The molecule has 72 valence electrons. The molecule has 0 aromatic carbocycles. The predicted octanol–water partition coefficient (Wildman–Crippen LogP) is 3.28. The molecule has 0 saturated heterocycles. The van der Waals surface area contributed by atoms with Crippen molar-refractivity contribution in [3.8, 4) is 0 Å². The fourth-order valence-electron chi connectivity index (χ4n) is 2.04. The van der Waals surface area contributed by atoms with Crippen molar-refractivity contribution in [3.63, 3.8) is 0 Å². The second kappa shape index (κ2) is 2.90. The lowest BCUT2D eigenvalue weighted by molar-refractivity contribution is 0.0742. The van der Waals surface area contributed by atoms with Gasteiger partial charge in [0.2, 0.25) is 0 Å². The molecule has 0 aromatic heterocycles. The Kier molecular flexibility index (Phi) is 1.98. The zero-order valence-corrected chi connectivity index (χ0v) is 8.71. The zero-order valence-electron chi connectivity index (χ0n) is 8.71. The quantitative estimate of drug-likeness (QED) is 0.442. The second-order valence-corrected chi connectivity index (χ2v) is 5.11. The molecule has 0 amide bonds. The summed E-state index contributed by atoms with van der Waals surface area (Å²) in [4.78, 5) is 0. The number of ether oxygens (including phenoxy) is 1. The molecular formula is C12H18O. The summed E-state index contributed by atoms with van der Waals surface area (Å²) in [6.45, 7) is 6.27. The standard InChI is InChI=1S/C12H18O/c1-12(2,3)13-8-11-7-9-4-5-10(11)6-9/h4-5,8-10H,6-7H2,1-3H3/b11-8-. The topological polar surface area (TPSA) is 9.23 Å². The summed E-state index contributed by atoms with van der Waals surface area (Å²) in [5, 5.41) is 0. The van der Waals surface area contributed by atoms with Gasteiger partial charge in [-0.15, -0.1) is 0 Å². The van der Waals surface area contributed by atoms with Crippen LogP contribution in [0.15, 0.2) is 24.0 Å². The van der Waals surface area contributed by atoms with E-state index in [2.05, 4.69) is 32.9 Å². The SMILES string of the molecule is CC(C)(C)O/C=C1/CC2C=CC1C2. The fourth-order valence-corrected chi connectivity index (χ4v) is 2.04. The fraction of sp³-hybridized carbons (Fsp3) is 0.667. The first-order chi connectivity index (χ1) is 6.04. The number of rotatable bonds is 1. The van der Waals surface area contributed by atoms with E-state index in [1.54, 1.807) is 0 Å². The number of hydrogen-bond donors (Lipinski definition) is 0. The Hall–Kier alpha value is -0.720. The van der Waals surface area contributed by atoms with Gasteiger partial charge >= 0.3 is 0 Å². The molecule has 0 aliphatic heterocycles. The van der Waals surface area contributed by atoms with E-state index in [-0.39, 0.29) is 5.60 Å². The van der Waals surface area contributed by atoms with E-state index >= 15 is 0 Å². The van der Waals surface area contributed by atoms with Gasteiger partial charge in [-0.05, 0) is 45.1 Å². The summed E-state index contributed by atoms with van der Waals surface area (Å²) < 4.78 is 5.67. The molecule has 2 unspecified atom stereocenters. The Bertz CT molecular complexity index is 255. The third-order valence-corrected chi connectivity index (χ3v) is 2.71. The van der Waals surface area contributed by atoms with Gasteiger partial charge in [0.15, 0.2) is 0 Å². The smallest absolute Gasteiger partial charge is 0.0998 e. The first kappa shape index (κ1) is 8.86. The van der Waals surface area contributed by atoms with Crippen molar-refractivity contribution in [3.05, 3.63) is 24.0 Å². The van der Waals surface area contributed by atoms with Gasteiger partial charge in [-0.25, -0.2) is 0 Å². The molecule has 13 heavy (non-hydrogen) atoms. The maximum absolute atomic E-state index is 5.67. The Balaban J connectivity index is 1.99. The average Bonchev–Trinajstić information content (AvgIpc) is 2.58. The normalized spacial score (nSPS) is 34.5. The van der Waals surface area contributed by atoms with Crippen molar-refractivity contribution >= 4 is 0 Å². The minimum Gasteiger partial charge on any atom is -0.496 e. The number of allylic oxidation sites excluding steroid dienone is 3. The molecule has 0 aromatic rings. The molecule has 2 atom stereocenters. The minimum atomic E-state index is -0.0431. The van der Waals surface area contributed by atoms with Gasteiger partial charge in [-0.2, -0.15) is 0 Å². The van der Waals surface area contributed by atoms with Crippen LogP contribution in [0.25, 0.3) is 0 Å². The van der Waals surface area contributed by atoms with Crippen LogP contribution >= 0.6 is 0 Å². The van der Waals surface area contributed by atoms with Crippen molar-refractivity contribution in [2.24, 2.45) is 11.8 Å². The minimum absolute atomic E-state index is 0.0431. The van der Waals surface area contributed by atoms with Crippen molar-refractivity contribution in [2.75, 3.05) is 0 Å². The molecule has 1 saturated carbocycles. The largest absolute Gasteiger partial charge is 0.496 e. The van der Waals surface area contributed by atoms with Crippen LogP contribution in [0, 0.1) is 11.8 Å². The highest BCUT2D eigenvalue weighted by molar-refractivity contribution is 5.25. The molecule has 2 rings (SSSR count). The van der Waals surface area contributed by atoms with Crippen LogP contribution in [0.4, 0.5) is 0 Å². The Morgan fingerprint density at radius 3 is 2.62 bits per heavy atom. The molecule has 1 nitrogen and oxygen atoms in total. The lowest BCUT2D eigenvalue weighted by atomic mass is 10.0. The Labute approximate surface area is 80.5 Å². The van der Waals surface area contributed by atoms with Gasteiger partial charge in [0.05, 0.1) is 11.9 Å². The van der Waals surface area contributed by atoms with Crippen LogP contribution in [0.5, 0.6) is 0 Å². The molecular weight excluding hydrogens is 160 g/mol. The molecule has 1 heteroatoms. The maximum atomic E-state index is 5.67. The van der Waals surface area contributed by atoms with Gasteiger partial charge in [-0.1, -0.05) is 12.2 Å². The number of hydrogen-bond acceptors (Lipinski definition) is 1. The van der Waals surface area contributed by atoms with E-state index in [0.717, 1.165) is 5.92 Å². The van der Waals surface area contributed by atoms with E-state index in [0.29, 0.717) is 5.92 Å². The highest BCUT2D eigenvalue weighted by Crippen LogP contribution is 2.43. The van der Waals surface area contributed by atoms with Crippen LogP contribution in [-0.4, -0.2) is 5.60 Å². The molecule has 2 aliphatic rings. The lowest BCUT2D eigenvalue weighted by Gasteiger charge is -2.19. The summed E-state index contributed by atoms with van der Waals surface area (Å²) in [5.41, 5.74) is 1.45. The zero-order chi connectivity index (χ0) is 9.47. The Morgan fingerprint density at radius 1 is 1.38 bits per heavy atom. The highest BCUT2D eigenvalue weighted by Gasteiger charge is 2.31. The lowest BCUT2D eigenvalue weighted by Crippen LogP contribution is -2.16. The van der Waals surface area contributed by atoms with Crippen molar-refractivity contribution in [1.82, 2.24) is 0 Å². The molecule has 2 aliphatic carbocycles. The summed E-state index contributed by atoms with van der Waals surface area (Å²) in [5.74, 6) is 1.49. The Morgan fingerprint density at radius 2 is 2.15 bits per heavy atom. The summed E-state index contributed by atoms with van der Waals surface area (Å²) in [7, 11) is 0. The monoisotopic (exact) mass is 178 g/mol. The van der Waals surface area contributed by atoms with Gasteiger partial charge in [0.25, 0.3) is 0 Å². The van der Waals surface area contributed by atoms with E-state index < -0.39 is 0 Å². The maximum Gasteiger partial charge on any atom is 0.0998 e. The predicted molar refractivity (Wildman–Crippen MR) is 54.3 cm³/mol. The van der Waals surface area contributed by atoms with Gasteiger partial charge in [0.1, 0.15) is 0 Å². The van der Waals surface area contributed by atoms with E-state index in [4.69, 9.17) is 4.74 Å². The van der Waals surface area contributed by atoms with Crippen LogP contribution in [0.3, 0.4) is 0 Å².